The maximum Gasteiger partial charge on any atom is 0.338 e. The summed E-state index contributed by atoms with van der Waals surface area (Å²) < 4.78 is 20.6. The molecule has 0 radical (unpaired) electrons. The Morgan fingerprint density at radius 1 is 1.24 bits per heavy atom. The van der Waals surface area contributed by atoms with E-state index in [2.05, 4.69) is 20.0 Å². The van der Waals surface area contributed by atoms with E-state index in [1.807, 2.05) is 30.5 Å². The van der Waals surface area contributed by atoms with Crippen molar-refractivity contribution in [2.45, 2.75) is 27.3 Å². The number of carbonyl (C=O) groups is 1. The van der Waals surface area contributed by atoms with Gasteiger partial charge in [-0.05, 0) is 39.0 Å². The molecule has 0 saturated carbocycles. The molecule has 6 nitrogen and oxygen atoms in total. The lowest BCUT2D eigenvalue weighted by molar-refractivity contribution is 0.0600. The zero-order valence-electron chi connectivity index (χ0n) is 14.6. The molecule has 0 saturated heterocycles. The summed E-state index contributed by atoms with van der Waals surface area (Å²) >= 11 is 0. The minimum atomic E-state index is -0.579. The van der Waals surface area contributed by atoms with Crippen molar-refractivity contribution in [3.63, 3.8) is 0 Å². The number of fused-ring (bicyclic) bond motifs is 1. The highest BCUT2D eigenvalue weighted by Crippen LogP contribution is 2.22. The predicted octanol–water partition coefficient (Wildman–Crippen LogP) is 3.19. The molecule has 0 spiro atoms. The molecule has 2 aromatic heterocycles. The first-order valence-electron chi connectivity index (χ1n) is 7.83. The Morgan fingerprint density at radius 3 is 2.72 bits per heavy atom. The molecule has 0 unspecified atom stereocenters. The molecular formula is C18H19FN4O2. The van der Waals surface area contributed by atoms with E-state index in [0.29, 0.717) is 23.6 Å². The van der Waals surface area contributed by atoms with E-state index in [-0.39, 0.29) is 5.56 Å². The maximum atomic E-state index is 14.0. The van der Waals surface area contributed by atoms with Gasteiger partial charge in [-0.25, -0.2) is 19.2 Å². The third kappa shape index (κ3) is 3.31. The number of hydrogen-bond donors (Lipinski definition) is 1. The molecule has 0 aliphatic carbocycles. The summed E-state index contributed by atoms with van der Waals surface area (Å²) in [5, 5.41) is 3.13. The number of carbonyl (C=O) groups excluding carboxylic acids is 1. The SMILES string of the molecule is COC(=O)c1cc(F)c(C)c(NCc2cn3c(C)cc(C)nc3n2)c1. The fraction of sp³-hybridized carbons (Fsp3) is 0.278. The number of nitrogens with one attached hydrogen (secondary N) is 1. The molecule has 3 aromatic rings. The lowest BCUT2D eigenvalue weighted by atomic mass is 10.1. The zero-order valence-corrected chi connectivity index (χ0v) is 14.6. The summed E-state index contributed by atoms with van der Waals surface area (Å²) in [5.74, 6) is -0.418. The van der Waals surface area contributed by atoms with Crippen molar-refractivity contribution in [2.24, 2.45) is 0 Å². The van der Waals surface area contributed by atoms with Crippen LogP contribution in [0.2, 0.25) is 0 Å². The highest BCUT2D eigenvalue weighted by Gasteiger charge is 2.13. The van der Waals surface area contributed by atoms with Crippen LogP contribution in [-0.4, -0.2) is 27.4 Å². The standard InChI is InChI=1S/C18H19FN4O2/c1-10-5-11(2)23-9-14(22-18(23)21-10)8-20-16-7-13(17(24)25-4)6-15(19)12(16)3/h5-7,9,20H,8H2,1-4H3. The molecular weight excluding hydrogens is 323 g/mol. The van der Waals surface area contributed by atoms with E-state index in [0.717, 1.165) is 17.1 Å². The monoisotopic (exact) mass is 342 g/mol. The Bertz CT molecular complexity index is 965. The Labute approximate surface area is 144 Å². The summed E-state index contributed by atoms with van der Waals surface area (Å²) in [6.45, 7) is 5.94. The number of halogens is 1. The summed E-state index contributed by atoms with van der Waals surface area (Å²) in [6.07, 6.45) is 1.89. The molecule has 25 heavy (non-hydrogen) atoms. The van der Waals surface area contributed by atoms with Gasteiger partial charge in [-0.15, -0.1) is 0 Å². The zero-order chi connectivity index (χ0) is 18.1. The third-order valence-corrected chi connectivity index (χ3v) is 4.04. The van der Waals surface area contributed by atoms with Gasteiger partial charge in [-0.3, -0.25) is 4.40 Å². The highest BCUT2D eigenvalue weighted by molar-refractivity contribution is 5.90. The Balaban J connectivity index is 1.87. The van der Waals surface area contributed by atoms with E-state index in [1.54, 1.807) is 13.0 Å². The van der Waals surface area contributed by atoms with Gasteiger partial charge in [0.25, 0.3) is 0 Å². The second kappa shape index (κ2) is 6.51. The van der Waals surface area contributed by atoms with Crippen molar-refractivity contribution in [1.29, 1.82) is 0 Å². The molecule has 2 heterocycles. The van der Waals surface area contributed by atoms with Crippen LogP contribution in [0, 0.1) is 26.6 Å². The molecule has 130 valence electrons. The number of imidazole rings is 1. The normalized spacial score (nSPS) is 10.9. The molecule has 1 N–H and O–H groups in total. The fourth-order valence-electron chi connectivity index (χ4n) is 2.69. The first-order valence-corrected chi connectivity index (χ1v) is 7.83. The summed E-state index contributed by atoms with van der Waals surface area (Å²) in [7, 11) is 1.27. The summed E-state index contributed by atoms with van der Waals surface area (Å²) in [4.78, 5) is 20.5. The number of esters is 1. The number of hydrogen-bond acceptors (Lipinski definition) is 5. The molecule has 0 fully saturated rings. The Morgan fingerprint density at radius 2 is 2.00 bits per heavy atom. The molecule has 1 aromatic carbocycles. The van der Waals surface area contributed by atoms with Crippen molar-refractivity contribution >= 4 is 17.4 Å². The van der Waals surface area contributed by atoms with Crippen LogP contribution in [0.25, 0.3) is 5.78 Å². The molecule has 3 rings (SSSR count). The minimum absolute atomic E-state index is 0.163. The summed E-state index contributed by atoms with van der Waals surface area (Å²) in [6, 6.07) is 4.73. The third-order valence-electron chi connectivity index (χ3n) is 4.04. The topological polar surface area (TPSA) is 68.5 Å². The number of benzene rings is 1. The van der Waals surface area contributed by atoms with E-state index in [9.17, 15) is 9.18 Å². The largest absolute Gasteiger partial charge is 0.465 e. The summed E-state index contributed by atoms with van der Waals surface area (Å²) in [5.41, 5.74) is 3.83. The molecule has 0 aliphatic rings. The van der Waals surface area contributed by atoms with Crippen molar-refractivity contribution < 1.29 is 13.9 Å². The second-order valence-electron chi connectivity index (χ2n) is 5.92. The van der Waals surface area contributed by atoms with Gasteiger partial charge in [0.05, 0.1) is 24.9 Å². The number of methoxy groups -OCH3 is 1. The first kappa shape index (κ1) is 16.9. The van der Waals surface area contributed by atoms with Gasteiger partial charge in [0.1, 0.15) is 5.82 Å². The van der Waals surface area contributed by atoms with Crippen LogP contribution in [0.1, 0.15) is 33.0 Å². The number of anilines is 1. The highest BCUT2D eigenvalue weighted by atomic mass is 19.1. The quantitative estimate of drug-likeness (QED) is 0.738. The second-order valence-corrected chi connectivity index (χ2v) is 5.92. The van der Waals surface area contributed by atoms with Crippen molar-refractivity contribution in [2.75, 3.05) is 12.4 Å². The Hall–Kier alpha value is -2.96. The van der Waals surface area contributed by atoms with Gasteiger partial charge >= 0.3 is 5.97 Å². The van der Waals surface area contributed by atoms with E-state index < -0.39 is 11.8 Å². The first-order chi connectivity index (χ1) is 11.9. The minimum Gasteiger partial charge on any atom is -0.465 e. The van der Waals surface area contributed by atoms with Gasteiger partial charge < -0.3 is 10.1 Å². The average Bonchev–Trinajstić information content (AvgIpc) is 2.98. The number of aromatic nitrogens is 3. The van der Waals surface area contributed by atoms with Gasteiger partial charge in [0.2, 0.25) is 5.78 Å². The van der Waals surface area contributed by atoms with Crippen LogP contribution in [0.3, 0.4) is 0 Å². The number of nitrogens with zero attached hydrogens (tertiary/aromatic N) is 3. The lowest BCUT2D eigenvalue weighted by Crippen LogP contribution is -2.07. The lowest BCUT2D eigenvalue weighted by Gasteiger charge is -2.11. The Kier molecular flexibility index (Phi) is 4.39. The smallest absolute Gasteiger partial charge is 0.338 e. The predicted molar refractivity (Wildman–Crippen MR) is 92.3 cm³/mol. The van der Waals surface area contributed by atoms with E-state index in [4.69, 9.17) is 0 Å². The van der Waals surface area contributed by atoms with Crippen molar-refractivity contribution in [1.82, 2.24) is 14.4 Å². The van der Waals surface area contributed by atoms with Crippen molar-refractivity contribution in [3.05, 3.63) is 58.4 Å². The van der Waals surface area contributed by atoms with Crippen LogP contribution in [0.5, 0.6) is 0 Å². The average molecular weight is 342 g/mol. The van der Waals surface area contributed by atoms with Gasteiger partial charge in [-0.2, -0.15) is 0 Å². The van der Waals surface area contributed by atoms with Crippen LogP contribution in [0.15, 0.2) is 24.4 Å². The molecule has 0 aliphatic heterocycles. The maximum absolute atomic E-state index is 14.0. The molecule has 0 amide bonds. The van der Waals surface area contributed by atoms with Crippen LogP contribution < -0.4 is 5.32 Å². The van der Waals surface area contributed by atoms with Crippen molar-refractivity contribution in [3.8, 4) is 0 Å². The molecule has 7 heteroatoms. The van der Waals surface area contributed by atoms with Crippen LogP contribution in [-0.2, 0) is 11.3 Å². The van der Waals surface area contributed by atoms with E-state index in [1.165, 1.54) is 13.2 Å². The van der Waals surface area contributed by atoms with Gasteiger partial charge in [-0.1, -0.05) is 0 Å². The molecule has 0 bridgehead atoms. The number of ether oxygens (including phenoxy) is 1. The number of aryl methyl sites for hydroxylation is 2. The number of rotatable bonds is 4. The van der Waals surface area contributed by atoms with Crippen LogP contribution in [0.4, 0.5) is 10.1 Å². The van der Waals surface area contributed by atoms with Crippen LogP contribution >= 0.6 is 0 Å². The molecule has 0 atom stereocenters. The van der Waals surface area contributed by atoms with Gasteiger partial charge in [0, 0.05) is 28.8 Å². The fourth-order valence-corrected chi connectivity index (χ4v) is 2.69. The van der Waals surface area contributed by atoms with E-state index >= 15 is 0 Å². The van der Waals surface area contributed by atoms with Gasteiger partial charge in [0.15, 0.2) is 0 Å².